The van der Waals surface area contributed by atoms with Gasteiger partial charge in [0.1, 0.15) is 6.04 Å². The van der Waals surface area contributed by atoms with E-state index in [1.165, 1.54) is 5.56 Å². The van der Waals surface area contributed by atoms with E-state index in [1.54, 1.807) is 0 Å². The predicted molar refractivity (Wildman–Crippen MR) is 110 cm³/mol. The highest BCUT2D eigenvalue weighted by atomic mass is 35.5. The molecule has 1 unspecified atom stereocenters. The summed E-state index contributed by atoms with van der Waals surface area (Å²) in [6.45, 7) is 6.47. The quantitative estimate of drug-likeness (QED) is 0.855. The number of hydrogen-bond donors (Lipinski definition) is 1. The summed E-state index contributed by atoms with van der Waals surface area (Å²) >= 11 is 0. The van der Waals surface area contributed by atoms with Crippen molar-refractivity contribution in [2.75, 3.05) is 26.2 Å². The zero-order valence-electron chi connectivity index (χ0n) is 16.3. The van der Waals surface area contributed by atoms with Crippen molar-refractivity contribution < 1.29 is 9.59 Å². The molecule has 5 nitrogen and oxygen atoms in total. The number of amides is 2. The molecule has 0 spiro atoms. The predicted octanol–water partition coefficient (Wildman–Crippen LogP) is 2.65. The Labute approximate surface area is 168 Å². The van der Waals surface area contributed by atoms with Gasteiger partial charge in [-0.25, -0.2) is 0 Å². The van der Waals surface area contributed by atoms with Crippen LogP contribution in [0.3, 0.4) is 0 Å². The Kier molecular flexibility index (Phi) is 7.68. The summed E-state index contributed by atoms with van der Waals surface area (Å²) in [7, 11) is 0. The molecule has 2 N–H and O–H groups in total. The molecule has 0 saturated carbocycles. The fourth-order valence-corrected chi connectivity index (χ4v) is 4.36. The molecule has 2 heterocycles. The lowest BCUT2D eigenvalue weighted by Gasteiger charge is -2.37. The molecule has 3 atom stereocenters. The number of carbonyl (C=O) groups excluding carboxylic acids is 2. The van der Waals surface area contributed by atoms with Gasteiger partial charge >= 0.3 is 0 Å². The zero-order valence-corrected chi connectivity index (χ0v) is 17.2. The van der Waals surface area contributed by atoms with Crippen molar-refractivity contribution in [3.63, 3.8) is 0 Å². The van der Waals surface area contributed by atoms with Crippen LogP contribution in [-0.4, -0.2) is 53.8 Å². The van der Waals surface area contributed by atoms with E-state index in [0.717, 1.165) is 19.3 Å². The maximum Gasteiger partial charge on any atom is 0.245 e. The number of likely N-dealkylation sites (tertiary alicyclic amines) is 2. The number of carbonyl (C=O) groups is 2. The lowest BCUT2D eigenvalue weighted by atomic mass is 9.89. The van der Waals surface area contributed by atoms with Gasteiger partial charge in [-0.3, -0.25) is 9.59 Å². The standard InChI is InChI=1S/C21H31N3O2.ClH/c1-15(2)20(25)24-11-7-6-10-19(24)21(26)23-13-17(12-22)18(14-23)16-8-4-3-5-9-16;/h3-5,8-9,15,17-19H,6-7,10-14,22H2,1-2H3;1H/t17-,18+,19?;/m1./s1. The lowest BCUT2D eigenvalue weighted by molar-refractivity contribution is -0.149. The second kappa shape index (κ2) is 9.56. The highest BCUT2D eigenvalue weighted by Crippen LogP contribution is 2.33. The van der Waals surface area contributed by atoms with E-state index in [4.69, 9.17) is 5.73 Å². The molecule has 150 valence electrons. The molecule has 0 aliphatic carbocycles. The van der Waals surface area contributed by atoms with Gasteiger partial charge in [-0.05, 0) is 37.3 Å². The van der Waals surface area contributed by atoms with Gasteiger partial charge in [0, 0.05) is 31.5 Å². The third-order valence-electron chi connectivity index (χ3n) is 5.85. The summed E-state index contributed by atoms with van der Waals surface area (Å²) in [5.41, 5.74) is 7.26. The molecular weight excluding hydrogens is 362 g/mol. The molecule has 0 bridgehead atoms. The normalized spacial score (nSPS) is 25.4. The minimum atomic E-state index is -0.299. The fraction of sp³-hybridized carbons (Fsp3) is 0.619. The van der Waals surface area contributed by atoms with Gasteiger partial charge in [-0.1, -0.05) is 44.2 Å². The van der Waals surface area contributed by atoms with E-state index in [2.05, 4.69) is 12.1 Å². The van der Waals surface area contributed by atoms with Crippen LogP contribution in [-0.2, 0) is 9.59 Å². The minimum Gasteiger partial charge on any atom is -0.340 e. The molecule has 2 fully saturated rings. The van der Waals surface area contributed by atoms with E-state index in [-0.39, 0.29) is 48.0 Å². The van der Waals surface area contributed by atoms with E-state index < -0.39 is 0 Å². The third-order valence-corrected chi connectivity index (χ3v) is 5.85. The highest BCUT2D eigenvalue weighted by Gasteiger charge is 2.41. The van der Waals surface area contributed by atoms with Crippen molar-refractivity contribution in [3.05, 3.63) is 35.9 Å². The number of rotatable bonds is 4. The molecule has 2 saturated heterocycles. The smallest absolute Gasteiger partial charge is 0.245 e. The summed E-state index contributed by atoms with van der Waals surface area (Å²) in [4.78, 5) is 29.6. The van der Waals surface area contributed by atoms with Crippen molar-refractivity contribution in [2.45, 2.75) is 45.1 Å². The molecule has 3 rings (SSSR count). The maximum atomic E-state index is 13.3. The molecule has 1 aromatic carbocycles. The van der Waals surface area contributed by atoms with Crippen LogP contribution in [0.4, 0.5) is 0 Å². The van der Waals surface area contributed by atoms with Gasteiger partial charge in [0.25, 0.3) is 0 Å². The van der Waals surface area contributed by atoms with Crippen molar-refractivity contribution in [3.8, 4) is 0 Å². The van der Waals surface area contributed by atoms with Crippen LogP contribution >= 0.6 is 12.4 Å². The summed E-state index contributed by atoms with van der Waals surface area (Å²) in [6.07, 6.45) is 2.77. The first-order valence-corrected chi connectivity index (χ1v) is 9.87. The maximum absolute atomic E-state index is 13.3. The Morgan fingerprint density at radius 3 is 2.48 bits per heavy atom. The second-order valence-electron chi connectivity index (χ2n) is 7.95. The Bertz CT molecular complexity index is 638. The molecule has 27 heavy (non-hydrogen) atoms. The van der Waals surface area contributed by atoms with Crippen molar-refractivity contribution in [1.82, 2.24) is 9.80 Å². The number of hydrogen-bond acceptors (Lipinski definition) is 3. The Morgan fingerprint density at radius 1 is 1.15 bits per heavy atom. The Balaban J connectivity index is 0.00000261. The number of benzene rings is 1. The Hall–Kier alpha value is -1.59. The molecule has 0 aromatic heterocycles. The number of nitrogens with zero attached hydrogens (tertiary/aromatic N) is 2. The largest absolute Gasteiger partial charge is 0.340 e. The highest BCUT2D eigenvalue weighted by molar-refractivity contribution is 5.88. The van der Waals surface area contributed by atoms with Crippen LogP contribution < -0.4 is 5.73 Å². The van der Waals surface area contributed by atoms with Crippen LogP contribution in [0.5, 0.6) is 0 Å². The average Bonchev–Trinajstić information content (AvgIpc) is 3.12. The molecular formula is C21H32ClN3O2. The van der Waals surface area contributed by atoms with Gasteiger partial charge in [0.05, 0.1) is 0 Å². The van der Waals surface area contributed by atoms with E-state index in [9.17, 15) is 9.59 Å². The van der Waals surface area contributed by atoms with Crippen LogP contribution in [0.1, 0.15) is 44.6 Å². The molecule has 2 aliphatic rings. The molecule has 6 heteroatoms. The van der Waals surface area contributed by atoms with Crippen molar-refractivity contribution in [1.29, 1.82) is 0 Å². The summed E-state index contributed by atoms with van der Waals surface area (Å²) in [5, 5.41) is 0. The van der Waals surface area contributed by atoms with Crippen LogP contribution in [0.2, 0.25) is 0 Å². The minimum absolute atomic E-state index is 0. The number of halogens is 1. The molecule has 2 aliphatic heterocycles. The monoisotopic (exact) mass is 393 g/mol. The zero-order chi connectivity index (χ0) is 18.7. The van der Waals surface area contributed by atoms with Gasteiger partial charge in [0.2, 0.25) is 11.8 Å². The molecule has 1 aromatic rings. The lowest BCUT2D eigenvalue weighted by Crippen LogP contribution is -2.53. The SMILES string of the molecule is CC(C)C(=O)N1CCCCC1C(=O)N1C[C@@H](CN)[C@H](c2ccccc2)C1.Cl. The topological polar surface area (TPSA) is 66.6 Å². The van der Waals surface area contributed by atoms with E-state index >= 15 is 0 Å². The summed E-state index contributed by atoms with van der Waals surface area (Å²) in [5.74, 6) is 0.686. The van der Waals surface area contributed by atoms with E-state index in [0.29, 0.717) is 26.2 Å². The van der Waals surface area contributed by atoms with Crippen molar-refractivity contribution >= 4 is 24.2 Å². The van der Waals surface area contributed by atoms with Gasteiger partial charge in [0.15, 0.2) is 0 Å². The van der Waals surface area contributed by atoms with Gasteiger partial charge < -0.3 is 15.5 Å². The van der Waals surface area contributed by atoms with Gasteiger partial charge in [-0.15, -0.1) is 12.4 Å². The van der Waals surface area contributed by atoms with Crippen molar-refractivity contribution in [2.24, 2.45) is 17.6 Å². The van der Waals surface area contributed by atoms with Crippen LogP contribution in [0.25, 0.3) is 0 Å². The summed E-state index contributed by atoms with van der Waals surface area (Å²) < 4.78 is 0. The fourth-order valence-electron chi connectivity index (χ4n) is 4.36. The molecule has 2 amide bonds. The number of nitrogens with two attached hydrogens (primary N) is 1. The molecule has 0 radical (unpaired) electrons. The summed E-state index contributed by atoms with van der Waals surface area (Å²) in [6, 6.07) is 10.0. The first-order valence-electron chi connectivity index (χ1n) is 9.87. The first-order chi connectivity index (χ1) is 12.5. The first kappa shape index (κ1) is 21.7. The van der Waals surface area contributed by atoms with Gasteiger partial charge in [-0.2, -0.15) is 0 Å². The second-order valence-corrected chi connectivity index (χ2v) is 7.95. The van der Waals surface area contributed by atoms with E-state index in [1.807, 2.05) is 41.8 Å². The number of piperidine rings is 1. The Morgan fingerprint density at radius 2 is 1.85 bits per heavy atom. The van der Waals surface area contributed by atoms with Crippen LogP contribution in [0, 0.1) is 11.8 Å². The third kappa shape index (κ3) is 4.64. The van der Waals surface area contributed by atoms with Crippen LogP contribution in [0.15, 0.2) is 30.3 Å². The average molecular weight is 394 g/mol.